The van der Waals surface area contributed by atoms with E-state index in [1.54, 1.807) is 24.3 Å². The molecule has 4 heteroatoms. The number of carboxylic acids is 1. The fraction of sp³-hybridized carbons (Fsp3) is 0.0667. The molecule has 0 unspecified atom stereocenters. The first-order chi connectivity index (χ1) is 9.15. The monoisotopic (exact) mass is 252 g/mol. The van der Waals surface area contributed by atoms with Gasteiger partial charge in [0.05, 0.1) is 11.3 Å². The summed E-state index contributed by atoms with van der Waals surface area (Å²) in [5, 5.41) is 8.88. The molecule has 0 aliphatic carbocycles. The van der Waals surface area contributed by atoms with Crippen molar-refractivity contribution in [2.24, 2.45) is 0 Å². The summed E-state index contributed by atoms with van der Waals surface area (Å²) in [5.74, 6) is -0.919. The van der Waals surface area contributed by atoms with Crippen LogP contribution in [-0.2, 0) is 0 Å². The van der Waals surface area contributed by atoms with E-state index in [2.05, 4.69) is 4.98 Å². The number of fused-ring (bicyclic) bond motifs is 1. The second-order valence-electron chi connectivity index (χ2n) is 4.40. The van der Waals surface area contributed by atoms with Crippen LogP contribution in [-0.4, -0.2) is 20.5 Å². The Morgan fingerprint density at radius 3 is 2.53 bits per heavy atom. The fourth-order valence-electron chi connectivity index (χ4n) is 2.07. The number of carbonyl (C=O) groups is 1. The van der Waals surface area contributed by atoms with Crippen LogP contribution in [0.1, 0.15) is 16.1 Å². The number of aryl methyl sites for hydroxylation is 1. The molecule has 1 aromatic carbocycles. The van der Waals surface area contributed by atoms with E-state index in [1.165, 1.54) is 0 Å². The minimum Gasteiger partial charge on any atom is -0.478 e. The van der Waals surface area contributed by atoms with Crippen molar-refractivity contribution < 1.29 is 9.90 Å². The highest BCUT2D eigenvalue weighted by Crippen LogP contribution is 2.20. The van der Waals surface area contributed by atoms with E-state index >= 15 is 0 Å². The van der Waals surface area contributed by atoms with Crippen LogP contribution in [0.2, 0.25) is 0 Å². The van der Waals surface area contributed by atoms with Gasteiger partial charge in [0.1, 0.15) is 5.65 Å². The van der Waals surface area contributed by atoms with Gasteiger partial charge >= 0.3 is 5.97 Å². The van der Waals surface area contributed by atoms with Crippen LogP contribution in [0.15, 0.2) is 48.7 Å². The molecule has 0 amide bonds. The molecule has 19 heavy (non-hydrogen) atoms. The van der Waals surface area contributed by atoms with Gasteiger partial charge in [0.25, 0.3) is 0 Å². The highest BCUT2D eigenvalue weighted by atomic mass is 16.4. The van der Waals surface area contributed by atoms with Crippen molar-refractivity contribution in [3.63, 3.8) is 0 Å². The smallest absolute Gasteiger partial charge is 0.335 e. The number of imidazole rings is 1. The first kappa shape index (κ1) is 11.5. The van der Waals surface area contributed by atoms with Crippen molar-refractivity contribution in [2.75, 3.05) is 0 Å². The molecule has 0 aliphatic heterocycles. The summed E-state index contributed by atoms with van der Waals surface area (Å²) in [7, 11) is 0. The standard InChI is InChI=1S/C15H12N2O2/c1-10-3-2-4-14-16-13(9-17(10)14)11-5-7-12(8-6-11)15(18)19/h2-9H,1H3,(H,18,19). The maximum Gasteiger partial charge on any atom is 0.335 e. The zero-order chi connectivity index (χ0) is 13.4. The van der Waals surface area contributed by atoms with Crippen molar-refractivity contribution in [3.8, 4) is 11.3 Å². The normalized spacial score (nSPS) is 10.8. The summed E-state index contributed by atoms with van der Waals surface area (Å²) in [4.78, 5) is 15.3. The SMILES string of the molecule is Cc1cccc2nc(-c3ccc(C(=O)O)cc3)cn12. The lowest BCUT2D eigenvalue weighted by Gasteiger charge is -1.97. The molecule has 0 fully saturated rings. The Hall–Kier alpha value is -2.62. The van der Waals surface area contributed by atoms with E-state index in [-0.39, 0.29) is 5.56 Å². The molecule has 2 heterocycles. The van der Waals surface area contributed by atoms with Crippen molar-refractivity contribution in [3.05, 3.63) is 59.9 Å². The van der Waals surface area contributed by atoms with Gasteiger partial charge in [-0.25, -0.2) is 9.78 Å². The summed E-state index contributed by atoms with van der Waals surface area (Å²) in [6.07, 6.45) is 1.96. The molecule has 0 radical (unpaired) electrons. The Kier molecular flexibility index (Phi) is 2.56. The number of pyridine rings is 1. The van der Waals surface area contributed by atoms with E-state index in [1.807, 2.05) is 35.7 Å². The van der Waals surface area contributed by atoms with Gasteiger partial charge in [-0.3, -0.25) is 0 Å². The molecule has 0 saturated heterocycles. The maximum absolute atomic E-state index is 10.8. The predicted molar refractivity (Wildman–Crippen MR) is 72.3 cm³/mol. The molecule has 94 valence electrons. The Balaban J connectivity index is 2.09. The topological polar surface area (TPSA) is 54.6 Å². The van der Waals surface area contributed by atoms with Crippen LogP contribution < -0.4 is 0 Å². The molecule has 1 N–H and O–H groups in total. The molecule has 3 aromatic rings. The van der Waals surface area contributed by atoms with Gasteiger partial charge < -0.3 is 9.51 Å². The van der Waals surface area contributed by atoms with Crippen LogP contribution in [0.5, 0.6) is 0 Å². The lowest BCUT2D eigenvalue weighted by molar-refractivity contribution is 0.0697. The molecule has 0 atom stereocenters. The van der Waals surface area contributed by atoms with Gasteiger partial charge in [-0.1, -0.05) is 18.2 Å². The number of nitrogens with zero attached hydrogens (tertiary/aromatic N) is 2. The molecule has 0 saturated carbocycles. The average molecular weight is 252 g/mol. The molecule has 0 bridgehead atoms. The second kappa shape index (κ2) is 4.24. The van der Waals surface area contributed by atoms with Crippen molar-refractivity contribution in [1.29, 1.82) is 0 Å². The maximum atomic E-state index is 10.8. The molecular formula is C15H12N2O2. The van der Waals surface area contributed by atoms with Gasteiger partial charge in [0, 0.05) is 17.5 Å². The Labute approximate surface area is 110 Å². The van der Waals surface area contributed by atoms with E-state index in [9.17, 15) is 4.79 Å². The first-order valence-electron chi connectivity index (χ1n) is 5.93. The highest BCUT2D eigenvalue weighted by molar-refractivity contribution is 5.88. The van der Waals surface area contributed by atoms with Crippen molar-refractivity contribution >= 4 is 11.6 Å². The first-order valence-corrected chi connectivity index (χ1v) is 5.93. The number of aromatic nitrogens is 2. The Bertz CT molecular complexity index is 757. The zero-order valence-electron chi connectivity index (χ0n) is 10.4. The minimum absolute atomic E-state index is 0.281. The van der Waals surface area contributed by atoms with Gasteiger partial charge in [-0.15, -0.1) is 0 Å². The summed E-state index contributed by atoms with van der Waals surface area (Å²) in [6, 6.07) is 12.7. The fourth-order valence-corrected chi connectivity index (χ4v) is 2.07. The average Bonchev–Trinajstić information content (AvgIpc) is 2.84. The summed E-state index contributed by atoms with van der Waals surface area (Å²) < 4.78 is 2.01. The van der Waals surface area contributed by atoms with Gasteiger partial charge in [0.2, 0.25) is 0 Å². The second-order valence-corrected chi connectivity index (χ2v) is 4.40. The summed E-state index contributed by atoms with van der Waals surface area (Å²) in [6.45, 7) is 2.02. The highest BCUT2D eigenvalue weighted by Gasteiger charge is 2.07. The third kappa shape index (κ3) is 1.97. The molecule has 3 rings (SSSR count). The molecule has 0 aliphatic rings. The summed E-state index contributed by atoms with van der Waals surface area (Å²) >= 11 is 0. The number of benzene rings is 1. The minimum atomic E-state index is -0.919. The van der Waals surface area contributed by atoms with E-state index in [0.29, 0.717) is 0 Å². The molecule has 0 spiro atoms. The zero-order valence-corrected chi connectivity index (χ0v) is 10.4. The third-order valence-electron chi connectivity index (χ3n) is 3.12. The van der Waals surface area contributed by atoms with Gasteiger partial charge in [-0.05, 0) is 31.2 Å². The third-order valence-corrected chi connectivity index (χ3v) is 3.12. The molecule has 2 aromatic heterocycles. The molecule has 4 nitrogen and oxygen atoms in total. The predicted octanol–water partition coefficient (Wildman–Crippen LogP) is 3.01. The Morgan fingerprint density at radius 2 is 1.89 bits per heavy atom. The lowest BCUT2D eigenvalue weighted by atomic mass is 10.1. The van der Waals surface area contributed by atoms with Crippen LogP contribution in [0.4, 0.5) is 0 Å². The van der Waals surface area contributed by atoms with Crippen LogP contribution in [0, 0.1) is 6.92 Å². The van der Waals surface area contributed by atoms with Crippen molar-refractivity contribution in [1.82, 2.24) is 9.38 Å². The van der Waals surface area contributed by atoms with Crippen LogP contribution >= 0.6 is 0 Å². The Morgan fingerprint density at radius 1 is 1.16 bits per heavy atom. The molecular weight excluding hydrogens is 240 g/mol. The summed E-state index contributed by atoms with van der Waals surface area (Å²) in [5.41, 5.74) is 4.03. The van der Waals surface area contributed by atoms with E-state index in [4.69, 9.17) is 5.11 Å². The van der Waals surface area contributed by atoms with E-state index < -0.39 is 5.97 Å². The van der Waals surface area contributed by atoms with Gasteiger partial charge in [-0.2, -0.15) is 0 Å². The number of hydrogen-bond donors (Lipinski definition) is 1. The number of carboxylic acid groups (broad SMARTS) is 1. The number of hydrogen-bond acceptors (Lipinski definition) is 2. The van der Waals surface area contributed by atoms with Crippen LogP contribution in [0.3, 0.4) is 0 Å². The van der Waals surface area contributed by atoms with Gasteiger partial charge in [0.15, 0.2) is 0 Å². The van der Waals surface area contributed by atoms with E-state index in [0.717, 1.165) is 22.6 Å². The van der Waals surface area contributed by atoms with Crippen molar-refractivity contribution in [2.45, 2.75) is 6.92 Å². The van der Waals surface area contributed by atoms with Crippen LogP contribution in [0.25, 0.3) is 16.9 Å². The largest absolute Gasteiger partial charge is 0.478 e. The quantitative estimate of drug-likeness (QED) is 0.762. The number of aromatic carboxylic acids is 1. The number of rotatable bonds is 2. The lowest BCUT2D eigenvalue weighted by Crippen LogP contribution is -1.94.